The fraction of sp³-hybridized carbons (Fsp3) is 0.421. The van der Waals surface area contributed by atoms with Crippen LogP contribution in [-0.4, -0.2) is 146 Å². The number of likely N-dealkylation sites (tertiary alicyclic amines) is 1. The summed E-state index contributed by atoms with van der Waals surface area (Å²) >= 11 is 12.1. The van der Waals surface area contributed by atoms with Gasteiger partial charge in [0.1, 0.15) is 49.2 Å². The van der Waals surface area contributed by atoms with Crippen molar-refractivity contribution in [3.05, 3.63) is 112 Å². The summed E-state index contributed by atoms with van der Waals surface area (Å²) in [6, 6.07) is 12.8. The normalized spacial score (nSPS) is 17.2. The molecule has 0 aliphatic carbocycles. The summed E-state index contributed by atoms with van der Waals surface area (Å²) in [5.74, 6) is -4.90. The summed E-state index contributed by atoms with van der Waals surface area (Å²) in [5, 5.41) is 23.0. The molecule has 3 aliphatic rings. The number of amides is 9. The number of nitrogens with zero attached hydrogens (tertiary/aromatic N) is 4. The van der Waals surface area contributed by atoms with Gasteiger partial charge in [0.15, 0.2) is 6.20 Å². The number of para-hydroxylation sites is 1. The van der Waals surface area contributed by atoms with Gasteiger partial charge in [0.05, 0.1) is 26.2 Å². The minimum atomic E-state index is -1.19. The molecule has 5 atom stereocenters. The first-order chi connectivity index (χ1) is 40.1. The number of unbranched alkanes of at least 4 members (excludes halogenated alkanes) is 1. The van der Waals surface area contributed by atoms with E-state index in [1.165, 1.54) is 9.80 Å². The van der Waals surface area contributed by atoms with Gasteiger partial charge in [0.2, 0.25) is 53.0 Å². The van der Waals surface area contributed by atoms with E-state index in [0.29, 0.717) is 66.2 Å². The monoisotopic (exact) mass is 1180 g/mol. The minimum absolute atomic E-state index is 0.0431. The standard InChI is InChI=1S/C57H65Cl2N13O11/c58-27-51(75)64-46(25-34-29-62-44-26-35(59)14-15-38(34)44)57(81)71-20-6-4-13-47(71)54(78)66-45(24-33-28-61-41-10-2-1-8-37(33)41)53(77)65-43(52(60)76)11-3-5-19-70-30-36(68-69-70)32-83-23-22-82-21-18-50(74)63-42-12-7-9-39-40(42)31-72(56(39)80)48-16-17-49(73)67-55(48)79/h1-2,7-10,12,14-15,26,28-30,43,45-48,61-62H,3-6,11,13,16-25,27,31-32H2,(H7,60,63,64,65,66,67,73,74,75,76,77,78,79)/p+1/t43?,45?,46?,47-,48?/m0/s1. The minimum Gasteiger partial charge on any atom is -0.379 e. The van der Waals surface area contributed by atoms with E-state index in [4.69, 9.17) is 38.4 Å². The smallest absolute Gasteiger partial charge is 0.255 e. The number of H-pyrrole nitrogens is 3. The summed E-state index contributed by atoms with van der Waals surface area (Å²) in [7, 11) is 0. The average molecular weight is 1180 g/mol. The summed E-state index contributed by atoms with van der Waals surface area (Å²) in [4.78, 5) is 128. The molecule has 0 radical (unpaired) electrons. The Morgan fingerprint density at radius 3 is 2.39 bits per heavy atom. The third kappa shape index (κ3) is 14.9. The number of ether oxygens (including phenoxy) is 2. The molecule has 0 saturated carbocycles. The number of rotatable bonds is 27. The van der Waals surface area contributed by atoms with Crippen LogP contribution < -0.4 is 37.0 Å². The van der Waals surface area contributed by atoms with Crippen molar-refractivity contribution in [3.8, 4) is 0 Å². The fourth-order valence-corrected chi connectivity index (χ4v) is 11.1. The molecule has 26 heteroatoms. The molecule has 83 heavy (non-hydrogen) atoms. The first-order valence-electron chi connectivity index (χ1n) is 27.7. The number of nitrogens with one attached hydrogen (secondary N) is 8. The number of aryl methyl sites for hydroxylation is 1. The lowest BCUT2D eigenvalue weighted by Crippen LogP contribution is -2.61. The maximum atomic E-state index is 14.5. The van der Waals surface area contributed by atoms with E-state index in [-0.39, 0.29) is 102 Å². The number of aromatic nitrogens is 5. The quantitative estimate of drug-likeness (QED) is 0.0156. The van der Waals surface area contributed by atoms with Gasteiger partial charge in [-0.3, -0.25) is 48.5 Å². The number of carbonyl (C=O) groups excluding carboxylic acids is 9. The van der Waals surface area contributed by atoms with Crippen molar-refractivity contribution in [1.29, 1.82) is 0 Å². The molecule has 24 nitrogen and oxygen atoms in total. The predicted molar refractivity (Wildman–Crippen MR) is 303 cm³/mol. The summed E-state index contributed by atoms with van der Waals surface area (Å²) in [6.45, 7) is 1.58. The number of imide groups is 1. The second kappa shape index (κ2) is 27.7. The molecule has 6 heterocycles. The number of piperidine rings is 2. The van der Waals surface area contributed by atoms with Gasteiger partial charge in [-0.05, 0) is 86.4 Å². The third-order valence-electron chi connectivity index (χ3n) is 15.1. The van der Waals surface area contributed by atoms with E-state index in [9.17, 15) is 43.2 Å². The largest absolute Gasteiger partial charge is 0.379 e. The zero-order valence-corrected chi connectivity index (χ0v) is 47.0. The van der Waals surface area contributed by atoms with Crippen LogP contribution in [0.5, 0.6) is 0 Å². The maximum absolute atomic E-state index is 14.5. The van der Waals surface area contributed by atoms with Gasteiger partial charge in [-0.15, -0.1) is 11.6 Å². The number of hydrogen-bond donors (Lipinski definition) is 9. The lowest BCUT2D eigenvalue weighted by molar-refractivity contribution is -0.754. The zero-order chi connectivity index (χ0) is 58.6. The SMILES string of the molecule is NC(=O)C(CCCC[n+]1cc(COCCOCCC(=O)Nc2cccc3c2CN(C2CCC(=O)NC2=O)C3=O)n[nH]1)NC(=O)C(Cc1c[nH]c2ccccc12)NC(=O)[C@@H]1CCCCN1C(=O)C(Cc1c[nH]c2cc(Cl)ccc12)NC(=O)CCl. The van der Waals surface area contributed by atoms with Crippen LogP contribution in [0.1, 0.15) is 90.5 Å². The number of fused-ring (bicyclic) bond motifs is 3. The lowest BCUT2D eigenvalue weighted by Gasteiger charge is -2.37. The molecule has 4 unspecified atom stereocenters. The Bertz CT molecular complexity index is 3400. The molecule has 2 fully saturated rings. The number of halogens is 2. The number of aromatic amines is 3. The number of primary amides is 1. The van der Waals surface area contributed by atoms with E-state index in [1.54, 1.807) is 53.6 Å². The Morgan fingerprint density at radius 1 is 0.819 bits per heavy atom. The van der Waals surface area contributed by atoms with Gasteiger partial charge in [-0.1, -0.05) is 47.1 Å². The molecule has 438 valence electrons. The lowest BCUT2D eigenvalue weighted by atomic mass is 9.97. The fourth-order valence-electron chi connectivity index (χ4n) is 10.9. The van der Waals surface area contributed by atoms with Crippen LogP contribution in [0.25, 0.3) is 21.8 Å². The number of hydrogen-bond acceptors (Lipinski definition) is 12. The molecule has 9 amide bonds. The van der Waals surface area contributed by atoms with Crippen LogP contribution in [0, 0.1) is 0 Å². The molecule has 3 aliphatic heterocycles. The van der Waals surface area contributed by atoms with Crippen LogP contribution >= 0.6 is 23.2 Å². The van der Waals surface area contributed by atoms with Crippen LogP contribution in [0.15, 0.2) is 79.3 Å². The molecule has 0 spiro atoms. The van der Waals surface area contributed by atoms with Crippen LogP contribution in [0.3, 0.4) is 0 Å². The van der Waals surface area contributed by atoms with Crippen molar-refractivity contribution in [3.63, 3.8) is 0 Å². The number of carbonyl (C=O) groups is 9. The molecule has 10 N–H and O–H groups in total. The Hall–Kier alpha value is -8.19. The second-order valence-electron chi connectivity index (χ2n) is 20.8. The third-order valence-corrected chi connectivity index (χ3v) is 15.6. The summed E-state index contributed by atoms with van der Waals surface area (Å²) in [5.41, 5.74) is 11.0. The highest BCUT2D eigenvalue weighted by Crippen LogP contribution is 2.33. The molecule has 9 rings (SSSR count). The molecular formula is C57H66Cl2N13O11+. The van der Waals surface area contributed by atoms with Gasteiger partial charge in [0, 0.05) is 93.5 Å². The number of anilines is 1. The van der Waals surface area contributed by atoms with Crippen molar-refractivity contribution < 1.29 is 57.3 Å². The maximum Gasteiger partial charge on any atom is 0.255 e. The van der Waals surface area contributed by atoms with E-state index in [0.717, 1.165) is 32.9 Å². The number of nitrogens with two attached hydrogens (primary N) is 1. The van der Waals surface area contributed by atoms with Crippen molar-refractivity contribution in [2.75, 3.05) is 37.6 Å². The highest BCUT2D eigenvalue weighted by Gasteiger charge is 2.41. The van der Waals surface area contributed by atoms with Crippen LogP contribution in [0.4, 0.5) is 5.69 Å². The summed E-state index contributed by atoms with van der Waals surface area (Å²) < 4.78 is 13.1. The van der Waals surface area contributed by atoms with Gasteiger partial charge in [-0.25, -0.2) is 0 Å². The van der Waals surface area contributed by atoms with E-state index >= 15 is 0 Å². The predicted octanol–water partition coefficient (Wildman–Crippen LogP) is 2.85. The highest BCUT2D eigenvalue weighted by molar-refractivity contribution is 6.31. The van der Waals surface area contributed by atoms with Crippen molar-refractivity contribution in [2.24, 2.45) is 5.73 Å². The van der Waals surface area contributed by atoms with Crippen molar-refractivity contribution >= 4 is 104 Å². The van der Waals surface area contributed by atoms with Gasteiger partial charge >= 0.3 is 0 Å². The molecular weight excluding hydrogens is 1110 g/mol. The van der Waals surface area contributed by atoms with Gasteiger partial charge in [-0.2, -0.15) is 4.68 Å². The van der Waals surface area contributed by atoms with Gasteiger partial charge < -0.3 is 56.2 Å². The summed E-state index contributed by atoms with van der Waals surface area (Å²) in [6.07, 6.45) is 8.65. The molecule has 3 aromatic carbocycles. The molecule has 2 saturated heterocycles. The van der Waals surface area contributed by atoms with Gasteiger partial charge in [0.25, 0.3) is 5.91 Å². The van der Waals surface area contributed by atoms with Crippen molar-refractivity contribution in [2.45, 2.75) is 121 Å². The molecule has 3 aromatic heterocycles. The second-order valence-corrected chi connectivity index (χ2v) is 21.5. The van der Waals surface area contributed by atoms with Crippen LogP contribution in [-0.2, 0) is 80.4 Å². The van der Waals surface area contributed by atoms with Crippen molar-refractivity contribution in [1.82, 2.24) is 51.3 Å². The average Bonchev–Trinajstić information content (AvgIpc) is 4.49. The van der Waals surface area contributed by atoms with E-state index in [2.05, 4.69) is 46.9 Å². The Labute approximate surface area is 486 Å². The zero-order valence-electron chi connectivity index (χ0n) is 45.4. The Morgan fingerprint density at radius 2 is 1.59 bits per heavy atom. The number of benzene rings is 3. The van der Waals surface area contributed by atoms with E-state index in [1.807, 2.05) is 30.3 Å². The highest BCUT2D eigenvalue weighted by atomic mass is 35.5. The molecule has 6 aromatic rings. The van der Waals surface area contributed by atoms with E-state index < -0.39 is 65.7 Å². The first kappa shape index (κ1) is 59.4. The van der Waals surface area contributed by atoms with Crippen LogP contribution in [0.2, 0.25) is 5.02 Å². The topological polar surface area (TPSA) is 329 Å². The molecule has 0 bridgehead atoms. The Balaban J connectivity index is 0.730. The Kier molecular flexibility index (Phi) is 19.8. The first-order valence-corrected chi connectivity index (χ1v) is 28.6. The number of alkyl halides is 1.